The molecule has 0 unspecified atom stereocenters. The third kappa shape index (κ3) is 3.65. The summed E-state index contributed by atoms with van der Waals surface area (Å²) < 4.78 is 0. The Morgan fingerprint density at radius 1 is 1.11 bits per heavy atom. The highest BCUT2D eigenvalue weighted by Crippen LogP contribution is 2.29. The molecule has 1 amide bonds. The fourth-order valence-electron chi connectivity index (χ4n) is 3.61. The first kappa shape index (κ1) is 17.5. The van der Waals surface area contributed by atoms with Crippen molar-refractivity contribution in [2.75, 3.05) is 31.1 Å². The van der Waals surface area contributed by atoms with Gasteiger partial charge in [0.2, 0.25) is 5.91 Å². The number of H-pyrrole nitrogens is 1. The van der Waals surface area contributed by atoms with Gasteiger partial charge in [-0.05, 0) is 18.1 Å². The van der Waals surface area contributed by atoms with Gasteiger partial charge in [-0.25, -0.2) is 9.97 Å². The molecule has 3 aromatic rings. The van der Waals surface area contributed by atoms with Crippen LogP contribution in [-0.2, 0) is 4.79 Å². The van der Waals surface area contributed by atoms with Gasteiger partial charge in [0.25, 0.3) is 0 Å². The summed E-state index contributed by atoms with van der Waals surface area (Å²) in [6.07, 6.45) is 4.30. The summed E-state index contributed by atoms with van der Waals surface area (Å²) in [4.78, 5) is 28.8. The highest BCUT2D eigenvalue weighted by molar-refractivity contribution is 5.92. The van der Waals surface area contributed by atoms with Crippen LogP contribution in [0.3, 0.4) is 0 Å². The minimum atomic E-state index is 0.275. The fraction of sp³-hybridized carbons (Fsp3) is 0.381. The maximum absolute atomic E-state index is 12.2. The summed E-state index contributed by atoms with van der Waals surface area (Å²) >= 11 is 0. The van der Waals surface area contributed by atoms with Gasteiger partial charge in [0.05, 0.1) is 5.39 Å². The molecule has 4 rings (SSSR count). The van der Waals surface area contributed by atoms with E-state index in [2.05, 4.69) is 45.0 Å². The Morgan fingerprint density at radius 3 is 2.63 bits per heavy atom. The third-order valence-corrected chi connectivity index (χ3v) is 5.17. The van der Waals surface area contributed by atoms with Crippen molar-refractivity contribution in [3.63, 3.8) is 0 Å². The lowest BCUT2D eigenvalue weighted by Gasteiger charge is -2.35. The molecule has 0 bridgehead atoms. The van der Waals surface area contributed by atoms with Crippen molar-refractivity contribution < 1.29 is 4.79 Å². The number of amides is 1. The SMILES string of the molecule is CCCCC(=O)N1CCN(c2ncnc3[nH]c(-c4ccccc4)cc23)CC1. The van der Waals surface area contributed by atoms with E-state index in [1.165, 1.54) is 0 Å². The van der Waals surface area contributed by atoms with E-state index in [0.29, 0.717) is 6.42 Å². The highest BCUT2D eigenvalue weighted by atomic mass is 16.2. The molecular formula is C21H25N5O. The van der Waals surface area contributed by atoms with E-state index in [9.17, 15) is 4.79 Å². The average molecular weight is 363 g/mol. The lowest BCUT2D eigenvalue weighted by molar-refractivity contribution is -0.131. The van der Waals surface area contributed by atoms with Gasteiger partial charge in [0.1, 0.15) is 17.8 Å². The number of anilines is 1. The molecule has 3 heterocycles. The van der Waals surface area contributed by atoms with Crippen LogP contribution in [0.4, 0.5) is 5.82 Å². The molecule has 0 aliphatic carbocycles. The smallest absolute Gasteiger partial charge is 0.222 e. The van der Waals surface area contributed by atoms with Gasteiger partial charge >= 0.3 is 0 Å². The van der Waals surface area contributed by atoms with Gasteiger partial charge in [0, 0.05) is 38.3 Å². The number of aromatic nitrogens is 3. The second kappa shape index (κ2) is 7.78. The van der Waals surface area contributed by atoms with E-state index in [1.807, 2.05) is 23.1 Å². The molecule has 0 radical (unpaired) electrons. The Balaban J connectivity index is 1.53. The Labute approximate surface area is 159 Å². The number of benzene rings is 1. The molecule has 1 aliphatic heterocycles. The molecule has 6 heteroatoms. The van der Waals surface area contributed by atoms with E-state index in [0.717, 1.165) is 67.1 Å². The lowest BCUT2D eigenvalue weighted by atomic mass is 10.1. The van der Waals surface area contributed by atoms with Crippen molar-refractivity contribution in [3.8, 4) is 11.3 Å². The Bertz CT molecular complexity index is 913. The minimum absolute atomic E-state index is 0.275. The summed E-state index contributed by atoms with van der Waals surface area (Å²) in [7, 11) is 0. The van der Waals surface area contributed by atoms with Crippen molar-refractivity contribution in [2.24, 2.45) is 0 Å². The Hall–Kier alpha value is -2.89. The number of carbonyl (C=O) groups is 1. The Morgan fingerprint density at radius 2 is 1.89 bits per heavy atom. The molecule has 0 atom stereocenters. The normalized spacial score (nSPS) is 14.7. The summed E-state index contributed by atoms with van der Waals surface area (Å²) in [5.41, 5.74) is 3.02. The van der Waals surface area contributed by atoms with E-state index < -0.39 is 0 Å². The molecule has 6 nitrogen and oxygen atoms in total. The minimum Gasteiger partial charge on any atom is -0.352 e. The van der Waals surface area contributed by atoms with Crippen molar-refractivity contribution in [2.45, 2.75) is 26.2 Å². The van der Waals surface area contributed by atoms with E-state index in [1.54, 1.807) is 6.33 Å². The second-order valence-electron chi connectivity index (χ2n) is 6.98. The van der Waals surface area contributed by atoms with Gasteiger partial charge in [-0.2, -0.15) is 0 Å². The standard InChI is InChI=1S/C21H25N5O/c1-2-3-9-19(27)25-10-12-26(13-11-25)21-17-14-18(16-7-5-4-6-8-16)24-20(17)22-15-23-21/h4-8,14-15H,2-3,9-13H2,1H3,(H,22,23,24). The maximum atomic E-state index is 12.2. The zero-order valence-electron chi connectivity index (χ0n) is 15.7. The van der Waals surface area contributed by atoms with Crippen LogP contribution in [0.25, 0.3) is 22.3 Å². The molecule has 1 aliphatic rings. The Kier molecular flexibility index (Phi) is 5.05. The number of fused-ring (bicyclic) bond motifs is 1. The van der Waals surface area contributed by atoms with E-state index in [-0.39, 0.29) is 5.91 Å². The van der Waals surface area contributed by atoms with Crippen LogP contribution < -0.4 is 4.90 Å². The predicted octanol–water partition coefficient (Wildman–Crippen LogP) is 3.46. The average Bonchev–Trinajstić information content (AvgIpc) is 3.17. The monoisotopic (exact) mass is 363 g/mol. The van der Waals surface area contributed by atoms with Crippen molar-refractivity contribution in [3.05, 3.63) is 42.7 Å². The topological polar surface area (TPSA) is 65.1 Å². The molecule has 27 heavy (non-hydrogen) atoms. The van der Waals surface area contributed by atoms with Crippen molar-refractivity contribution in [1.29, 1.82) is 0 Å². The number of hydrogen-bond donors (Lipinski definition) is 1. The van der Waals surface area contributed by atoms with Gasteiger partial charge < -0.3 is 14.8 Å². The third-order valence-electron chi connectivity index (χ3n) is 5.17. The van der Waals surface area contributed by atoms with Crippen LogP contribution in [0.5, 0.6) is 0 Å². The first-order valence-corrected chi connectivity index (χ1v) is 9.68. The zero-order valence-corrected chi connectivity index (χ0v) is 15.7. The first-order valence-electron chi connectivity index (χ1n) is 9.68. The molecular weight excluding hydrogens is 338 g/mol. The van der Waals surface area contributed by atoms with E-state index in [4.69, 9.17) is 0 Å². The lowest BCUT2D eigenvalue weighted by Crippen LogP contribution is -2.49. The zero-order chi connectivity index (χ0) is 18.6. The maximum Gasteiger partial charge on any atom is 0.222 e. The molecule has 2 aromatic heterocycles. The van der Waals surface area contributed by atoms with Gasteiger partial charge in [-0.3, -0.25) is 4.79 Å². The number of carbonyl (C=O) groups excluding carboxylic acids is 1. The van der Waals surface area contributed by atoms with Crippen LogP contribution in [0.1, 0.15) is 26.2 Å². The summed E-state index contributed by atoms with van der Waals surface area (Å²) in [5.74, 6) is 1.22. The van der Waals surface area contributed by atoms with Crippen molar-refractivity contribution in [1.82, 2.24) is 19.9 Å². The molecule has 0 saturated carbocycles. The van der Waals surface area contributed by atoms with Gasteiger partial charge in [-0.1, -0.05) is 43.7 Å². The number of unbranched alkanes of at least 4 members (excludes halogenated alkanes) is 1. The quantitative estimate of drug-likeness (QED) is 0.754. The van der Waals surface area contributed by atoms with Crippen molar-refractivity contribution >= 4 is 22.8 Å². The second-order valence-corrected chi connectivity index (χ2v) is 6.98. The molecule has 1 aromatic carbocycles. The predicted molar refractivity (Wildman–Crippen MR) is 108 cm³/mol. The van der Waals surface area contributed by atoms with Gasteiger partial charge in [-0.15, -0.1) is 0 Å². The van der Waals surface area contributed by atoms with Crippen LogP contribution >= 0.6 is 0 Å². The number of aromatic amines is 1. The largest absolute Gasteiger partial charge is 0.352 e. The summed E-state index contributed by atoms with van der Waals surface area (Å²) in [6, 6.07) is 12.4. The number of hydrogen-bond acceptors (Lipinski definition) is 4. The molecule has 1 saturated heterocycles. The molecule has 0 spiro atoms. The van der Waals surface area contributed by atoms with Crippen LogP contribution in [0, 0.1) is 0 Å². The molecule has 1 N–H and O–H groups in total. The summed E-state index contributed by atoms with van der Waals surface area (Å²) in [5, 5.41) is 1.03. The van der Waals surface area contributed by atoms with Crippen LogP contribution in [0.2, 0.25) is 0 Å². The number of piperazine rings is 1. The summed E-state index contributed by atoms with van der Waals surface area (Å²) in [6.45, 7) is 5.23. The fourth-order valence-corrected chi connectivity index (χ4v) is 3.61. The van der Waals surface area contributed by atoms with E-state index >= 15 is 0 Å². The number of rotatable bonds is 5. The number of nitrogens with one attached hydrogen (secondary N) is 1. The molecule has 1 fully saturated rings. The molecule has 140 valence electrons. The van der Waals surface area contributed by atoms with Gasteiger partial charge in [0.15, 0.2) is 0 Å². The van der Waals surface area contributed by atoms with Crippen LogP contribution in [-0.4, -0.2) is 51.9 Å². The number of nitrogens with zero attached hydrogens (tertiary/aromatic N) is 4. The van der Waals surface area contributed by atoms with Crippen LogP contribution in [0.15, 0.2) is 42.7 Å². The first-order chi connectivity index (χ1) is 13.3. The highest BCUT2D eigenvalue weighted by Gasteiger charge is 2.23.